The Morgan fingerprint density at radius 2 is 2.00 bits per heavy atom. The van der Waals surface area contributed by atoms with Crippen LogP contribution < -0.4 is 5.32 Å². The number of hydrogen-bond acceptors (Lipinski definition) is 4. The van der Waals surface area contributed by atoms with Gasteiger partial charge in [0, 0.05) is 11.8 Å². The Morgan fingerprint density at radius 3 is 2.44 bits per heavy atom. The fourth-order valence-electron chi connectivity index (χ4n) is 0.873. The first-order valence-electron chi connectivity index (χ1n) is 5.00. The number of rotatable bonds is 5. The fourth-order valence-corrected chi connectivity index (χ4v) is 1.60. The fraction of sp³-hybridized carbons (Fsp3) is 0.800. The third-order valence-corrected chi connectivity index (χ3v) is 2.54. The number of nitrogens with one attached hydrogen (secondary N) is 1. The maximum absolute atomic E-state index is 11.3. The third kappa shape index (κ3) is 9.64. The molecular weight excluding hydrogens is 230 g/mol. The van der Waals surface area contributed by atoms with Crippen molar-refractivity contribution in [2.75, 3.05) is 11.5 Å². The quantitative estimate of drug-likeness (QED) is 0.776. The molecule has 0 aliphatic heterocycles. The van der Waals surface area contributed by atoms with Crippen LogP contribution in [0.1, 0.15) is 27.7 Å². The Labute approximate surface area is 99.9 Å². The number of hydrogen-bond donors (Lipinski definition) is 2. The van der Waals surface area contributed by atoms with E-state index in [1.807, 2.05) is 0 Å². The Hall–Kier alpha value is -0.910. The van der Waals surface area contributed by atoms with Gasteiger partial charge in [0.05, 0.1) is 5.75 Å². The predicted molar refractivity (Wildman–Crippen MR) is 63.8 cm³/mol. The van der Waals surface area contributed by atoms with Gasteiger partial charge >= 0.3 is 12.1 Å². The first-order valence-corrected chi connectivity index (χ1v) is 6.15. The lowest BCUT2D eigenvalue weighted by Gasteiger charge is -2.21. The molecule has 0 saturated carbocycles. The van der Waals surface area contributed by atoms with Gasteiger partial charge in [0.25, 0.3) is 0 Å². The molecule has 0 bridgehead atoms. The summed E-state index contributed by atoms with van der Waals surface area (Å²) >= 11 is 1.26. The first kappa shape index (κ1) is 15.1. The van der Waals surface area contributed by atoms with Crippen LogP contribution in [0, 0.1) is 0 Å². The molecule has 1 atom stereocenters. The maximum Gasteiger partial charge on any atom is 0.407 e. The summed E-state index contributed by atoms with van der Waals surface area (Å²) in [5.74, 6) is -0.263. The minimum absolute atomic E-state index is 0.0420. The van der Waals surface area contributed by atoms with E-state index in [9.17, 15) is 9.59 Å². The van der Waals surface area contributed by atoms with E-state index in [-0.39, 0.29) is 11.8 Å². The van der Waals surface area contributed by atoms with Crippen molar-refractivity contribution in [2.45, 2.75) is 39.3 Å². The van der Waals surface area contributed by atoms with Crippen molar-refractivity contribution >= 4 is 23.8 Å². The molecule has 6 heteroatoms. The molecule has 1 amide bonds. The standard InChI is InChI=1S/C10H19NO4S/c1-7(5-16-6-8(12)13)11-9(14)15-10(2,3)4/h7H,5-6H2,1-4H3,(H,11,14)(H,12,13)/t7-/m0/s1. The highest BCUT2D eigenvalue weighted by atomic mass is 32.2. The number of carboxylic acids is 1. The zero-order valence-corrected chi connectivity index (χ0v) is 10.9. The highest BCUT2D eigenvalue weighted by molar-refractivity contribution is 7.99. The molecule has 0 radical (unpaired) electrons. The second-order valence-corrected chi connectivity index (χ2v) is 5.49. The predicted octanol–water partition coefficient (Wildman–Crippen LogP) is 1.72. The van der Waals surface area contributed by atoms with Crippen LogP contribution in [0.25, 0.3) is 0 Å². The van der Waals surface area contributed by atoms with Crippen LogP contribution in [0.4, 0.5) is 4.79 Å². The van der Waals surface area contributed by atoms with E-state index in [1.165, 1.54) is 11.8 Å². The van der Waals surface area contributed by atoms with Gasteiger partial charge in [-0.25, -0.2) is 4.79 Å². The second kappa shape index (κ2) is 6.62. The number of alkyl carbamates (subject to hydrolysis) is 1. The lowest BCUT2D eigenvalue weighted by atomic mass is 10.2. The molecule has 0 unspecified atom stereocenters. The number of carbonyl (C=O) groups excluding carboxylic acids is 1. The van der Waals surface area contributed by atoms with Crippen LogP contribution in [-0.2, 0) is 9.53 Å². The van der Waals surface area contributed by atoms with E-state index in [1.54, 1.807) is 27.7 Å². The van der Waals surface area contributed by atoms with E-state index in [2.05, 4.69) is 5.32 Å². The average Bonchev–Trinajstić information content (AvgIpc) is 1.98. The molecule has 16 heavy (non-hydrogen) atoms. The lowest BCUT2D eigenvalue weighted by molar-refractivity contribution is -0.133. The number of carboxylic acid groups (broad SMARTS) is 1. The van der Waals surface area contributed by atoms with Gasteiger partial charge in [-0.3, -0.25) is 4.79 Å². The molecule has 0 aromatic rings. The van der Waals surface area contributed by atoms with E-state index in [0.29, 0.717) is 5.75 Å². The van der Waals surface area contributed by atoms with Crippen LogP contribution in [-0.4, -0.2) is 40.3 Å². The molecule has 94 valence electrons. The molecule has 0 spiro atoms. The van der Waals surface area contributed by atoms with Crippen molar-refractivity contribution in [3.63, 3.8) is 0 Å². The van der Waals surface area contributed by atoms with Gasteiger partial charge < -0.3 is 15.2 Å². The van der Waals surface area contributed by atoms with Gasteiger partial charge in [0.1, 0.15) is 5.60 Å². The van der Waals surface area contributed by atoms with Gasteiger partial charge in [-0.15, -0.1) is 11.8 Å². The number of ether oxygens (including phenoxy) is 1. The van der Waals surface area contributed by atoms with Crippen molar-refractivity contribution in [1.29, 1.82) is 0 Å². The lowest BCUT2D eigenvalue weighted by Crippen LogP contribution is -2.38. The van der Waals surface area contributed by atoms with E-state index >= 15 is 0 Å². The molecule has 5 nitrogen and oxygen atoms in total. The largest absolute Gasteiger partial charge is 0.481 e. The molecule has 0 heterocycles. The van der Waals surface area contributed by atoms with Crippen LogP contribution in [0.3, 0.4) is 0 Å². The molecule has 0 saturated heterocycles. The Kier molecular flexibility index (Phi) is 6.25. The summed E-state index contributed by atoms with van der Waals surface area (Å²) in [7, 11) is 0. The summed E-state index contributed by atoms with van der Waals surface area (Å²) in [5.41, 5.74) is -0.516. The van der Waals surface area contributed by atoms with Gasteiger partial charge in [-0.05, 0) is 27.7 Å². The number of thioether (sulfide) groups is 1. The van der Waals surface area contributed by atoms with E-state index in [0.717, 1.165) is 0 Å². The van der Waals surface area contributed by atoms with Crippen molar-refractivity contribution in [2.24, 2.45) is 0 Å². The van der Waals surface area contributed by atoms with Crippen molar-refractivity contribution < 1.29 is 19.4 Å². The monoisotopic (exact) mass is 249 g/mol. The van der Waals surface area contributed by atoms with Gasteiger partial charge in [0.2, 0.25) is 0 Å². The average molecular weight is 249 g/mol. The second-order valence-electron chi connectivity index (χ2n) is 4.46. The SMILES string of the molecule is C[C@@H](CSCC(=O)O)NC(=O)OC(C)(C)C. The summed E-state index contributed by atoms with van der Waals surface area (Å²) in [6, 6.07) is -0.112. The summed E-state index contributed by atoms with van der Waals surface area (Å²) in [5, 5.41) is 11.1. The molecular formula is C10H19NO4S. The Balaban J connectivity index is 3.74. The first-order chi connectivity index (χ1) is 7.20. The minimum Gasteiger partial charge on any atom is -0.481 e. The summed E-state index contributed by atoms with van der Waals surface area (Å²) in [6.07, 6.45) is -0.476. The molecule has 0 fully saturated rings. The third-order valence-electron chi connectivity index (χ3n) is 1.36. The Bertz CT molecular complexity index is 250. The van der Waals surface area contributed by atoms with Crippen LogP contribution in [0.5, 0.6) is 0 Å². The van der Waals surface area contributed by atoms with Crippen molar-refractivity contribution in [3.05, 3.63) is 0 Å². The maximum atomic E-state index is 11.3. The van der Waals surface area contributed by atoms with Gasteiger partial charge in [-0.2, -0.15) is 0 Å². The van der Waals surface area contributed by atoms with Gasteiger partial charge in [0.15, 0.2) is 0 Å². The molecule has 0 aliphatic rings. The van der Waals surface area contributed by atoms with E-state index in [4.69, 9.17) is 9.84 Å². The highest BCUT2D eigenvalue weighted by Crippen LogP contribution is 2.08. The minimum atomic E-state index is -0.852. The van der Waals surface area contributed by atoms with Crippen LogP contribution >= 0.6 is 11.8 Å². The number of amides is 1. The summed E-state index contributed by atoms with van der Waals surface area (Å²) < 4.78 is 5.06. The molecule has 0 aromatic carbocycles. The van der Waals surface area contributed by atoms with Crippen LogP contribution in [0.15, 0.2) is 0 Å². The van der Waals surface area contributed by atoms with Crippen molar-refractivity contribution in [3.8, 4) is 0 Å². The molecule has 2 N–H and O–H groups in total. The Morgan fingerprint density at radius 1 is 1.44 bits per heavy atom. The number of aliphatic carboxylic acids is 1. The van der Waals surface area contributed by atoms with E-state index < -0.39 is 17.7 Å². The topological polar surface area (TPSA) is 75.6 Å². The summed E-state index contributed by atoms with van der Waals surface area (Å²) in [4.78, 5) is 21.6. The van der Waals surface area contributed by atoms with Gasteiger partial charge in [-0.1, -0.05) is 0 Å². The smallest absolute Gasteiger partial charge is 0.407 e. The summed E-state index contributed by atoms with van der Waals surface area (Å²) in [6.45, 7) is 7.17. The molecule has 0 aromatic heterocycles. The van der Waals surface area contributed by atoms with Crippen molar-refractivity contribution in [1.82, 2.24) is 5.32 Å². The highest BCUT2D eigenvalue weighted by Gasteiger charge is 2.17. The zero-order valence-electron chi connectivity index (χ0n) is 10.1. The van der Waals surface area contributed by atoms with Crippen LogP contribution in [0.2, 0.25) is 0 Å². The molecule has 0 aliphatic carbocycles. The normalized spacial score (nSPS) is 13.0. The zero-order chi connectivity index (χ0) is 12.8. The molecule has 0 rings (SSSR count). The number of carbonyl (C=O) groups is 2.